The summed E-state index contributed by atoms with van der Waals surface area (Å²) < 4.78 is 0.586. The van der Waals surface area contributed by atoms with Crippen LogP contribution in [0.5, 0.6) is 11.5 Å². The second kappa shape index (κ2) is 13.6. The second-order valence-electron chi connectivity index (χ2n) is 10.5. The van der Waals surface area contributed by atoms with Gasteiger partial charge >= 0.3 is 12.0 Å². The molecule has 0 aliphatic carbocycles. The lowest BCUT2D eigenvalue weighted by Crippen LogP contribution is -2.85. The average Bonchev–Trinajstić information content (AvgIpc) is 3.58. The maximum atomic E-state index is 13.9. The van der Waals surface area contributed by atoms with Gasteiger partial charge in [-0.05, 0) is 36.1 Å². The van der Waals surface area contributed by atoms with E-state index < -0.39 is 70.0 Å². The summed E-state index contributed by atoms with van der Waals surface area (Å²) in [5, 5.41) is 43.6. The molecule has 17 nitrogen and oxygen atoms in total. The highest BCUT2D eigenvalue weighted by Gasteiger charge is 2.66. The summed E-state index contributed by atoms with van der Waals surface area (Å²) in [5.74, 6) is -6.79. The van der Waals surface area contributed by atoms with Gasteiger partial charge in [-0.1, -0.05) is 36.1 Å². The number of phenolic OH excluding ortho intramolecular Hbond substituents is 2. The molecule has 47 heavy (non-hydrogen) atoms. The quantitative estimate of drug-likeness (QED) is 0.0455. The number of carbonyl (C=O) groups is 7. The Morgan fingerprint density at radius 1 is 1.21 bits per heavy atom. The molecule has 0 bridgehead atoms. The molecule has 6 N–H and O–H groups in total. The lowest BCUT2D eigenvalue weighted by molar-refractivity contribution is -0.163. The number of fused-ring (bicyclic) bond motifs is 1. The summed E-state index contributed by atoms with van der Waals surface area (Å²) in [7, 11) is 0. The van der Waals surface area contributed by atoms with Crippen molar-refractivity contribution < 1.29 is 48.9 Å². The van der Waals surface area contributed by atoms with Gasteiger partial charge in [-0.3, -0.25) is 33.8 Å². The Hall–Kier alpha value is -4.69. The van der Waals surface area contributed by atoms with Gasteiger partial charge in [0.15, 0.2) is 15.8 Å². The third-order valence-corrected chi connectivity index (χ3v) is 11.1. The number of imide groups is 1. The molecule has 2 unspecified atom stereocenters. The van der Waals surface area contributed by atoms with Crippen molar-refractivity contribution in [2.24, 2.45) is 5.92 Å². The van der Waals surface area contributed by atoms with Gasteiger partial charge in [0, 0.05) is 24.0 Å². The van der Waals surface area contributed by atoms with Crippen LogP contribution in [0.15, 0.2) is 39.3 Å². The third-order valence-electron chi connectivity index (χ3n) is 7.80. The number of benzene rings is 1. The highest BCUT2D eigenvalue weighted by Crippen LogP contribution is 2.46. The second-order valence-corrected chi connectivity index (χ2v) is 13.6. The van der Waals surface area contributed by atoms with E-state index in [1.165, 1.54) is 34.7 Å². The SMILES string of the molecule is CCC1CCN(C(=O)NC(C(=O)N[C@]2(NC=O)C(=O)N3C(C(=O)O)=C(CSc4nncs4)CS[C@@H]32)c2ccc(O)c(O)c2)C(=O)C1=O. The Bertz CT molecular complexity index is 1690. The summed E-state index contributed by atoms with van der Waals surface area (Å²) in [5.41, 5.74) is -0.663. The van der Waals surface area contributed by atoms with Gasteiger partial charge in [-0.15, -0.1) is 22.0 Å². The van der Waals surface area contributed by atoms with Gasteiger partial charge in [0.1, 0.15) is 22.6 Å². The number of hydrogen-bond acceptors (Lipinski definition) is 14. The van der Waals surface area contributed by atoms with Crippen molar-refractivity contribution in [3.63, 3.8) is 0 Å². The smallest absolute Gasteiger partial charge is 0.352 e. The molecule has 4 heterocycles. The van der Waals surface area contributed by atoms with Crippen LogP contribution in [0.2, 0.25) is 0 Å². The lowest BCUT2D eigenvalue weighted by Gasteiger charge is -2.56. The molecule has 20 heteroatoms. The number of urea groups is 1. The molecule has 0 radical (unpaired) electrons. The van der Waals surface area contributed by atoms with E-state index >= 15 is 0 Å². The fourth-order valence-corrected chi connectivity index (χ4v) is 8.43. The van der Waals surface area contributed by atoms with Crippen LogP contribution in [-0.4, -0.2) is 106 Å². The van der Waals surface area contributed by atoms with Crippen molar-refractivity contribution in [2.45, 2.75) is 41.2 Å². The fraction of sp³-hybridized carbons (Fsp3) is 0.370. The predicted octanol–water partition coefficient (Wildman–Crippen LogP) is 0.132. The molecule has 248 valence electrons. The maximum Gasteiger partial charge on any atom is 0.352 e. The normalized spacial score (nSPS) is 23.0. The first-order valence-electron chi connectivity index (χ1n) is 13.9. The summed E-state index contributed by atoms with van der Waals surface area (Å²) in [6.45, 7) is 1.62. The molecule has 6 amide bonds. The fourth-order valence-electron chi connectivity index (χ4n) is 5.38. The number of amides is 6. The monoisotopic (exact) mass is 705 g/mol. The number of ketones is 1. The van der Waals surface area contributed by atoms with Crippen molar-refractivity contribution in [3.8, 4) is 11.5 Å². The molecule has 2 saturated heterocycles. The van der Waals surface area contributed by atoms with E-state index in [2.05, 4.69) is 26.1 Å². The number of rotatable bonds is 11. The molecule has 5 rings (SSSR count). The van der Waals surface area contributed by atoms with Gasteiger partial charge < -0.3 is 31.3 Å². The number of aliphatic carboxylic acids is 1. The highest BCUT2D eigenvalue weighted by molar-refractivity contribution is 8.01. The molecular formula is C27H27N7O10S3. The minimum Gasteiger partial charge on any atom is -0.504 e. The molecule has 4 atom stereocenters. The first-order chi connectivity index (χ1) is 22.4. The molecule has 2 aromatic rings. The number of β-lactam (4-membered cyclic amide) rings is 1. The standard InChI is InChI=1S/C27H27N7O10S3/c1-2-12-5-6-33(21(40)19(12)38)25(44)30-17(13-3-4-15(36)16(37)7-13)20(39)31-27(28-10-35)23(43)34-18(22(41)42)14(8-45-24(27)34)9-46-26-32-29-11-47-26/h3-4,7,10-12,17,24,36-37H,2,5-6,8-9H2,1H3,(H,28,35)(H,30,44)(H,31,39)(H,41,42)/t12?,17?,24-,27-/m1/s1. The van der Waals surface area contributed by atoms with Crippen molar-refractivity contribution in [2.75, 3.05) is 18.1 Å². The zero-order chi connectivity index (χ0) is 34.0. The first-order valence-corrected chi connectivity index (χ1v) is 16.9. The molecule has 0 spiro atoms. The Kier molecular flexibility index (Phi) is 9.73. The Morgan fingerprint density at radius 3 is 2.62 bits per heavy atom. The van der Waals surface area contributed by atoms with Crippen LogP contribution in [0, 0.1) is 5.92 Å². The van der Waals surface area contributed by atoms with Crippen molar-refractivity contribution in [3.05, 3.63) is 40.5 Å². The van der Waals surface area contributed by atoms with E-state index in [-0.39, 0.29) is 42.1 Å². The zero-order valence-electron chi connectivity index (χ0n) is 24.4. The third kappa shape index (κ3) is 6.22. The van der Waals surface area contributed by atoms with E-state index in [1.807, 2.05) is 0 Å². The Balaban J connectivity index is 1.42. The van der Waals surface area contributed by atoms with Crippen molar-refractivity contribution >= 4 is 76.8 Å². The minimum absolute atomic E-state index is 0.100. The van der Waals surface area contributed by atoms with Gasteiger partial charge in [0.2, 0.25) is 23.8 Å². The predicted molar refractivity (Wildman–Crippen MR) is 165 cm³/mol. The molecule has 3 aliphatic heterocycles. The number of carbonyl (C=O) groups excluding carboxylic acids is 6. The highest BCUT2D eigenvalue weighted by atomic mass is 32.2. The number of nitrogens with one attached hydrogen (secondary N) is 3. The largest absolute Gasteiger partial charge is 0.504 e. The van der Waals surface area contributed by atoms with Gasteiger partial charge in [-0.2, -0.15) is 0 Å². The molecule has 0 saturated carbocycles. The molecular weight excluding hydrogens is 679 g/mol. The van der Waals surface area contributed by atoms with E-state index in [0.29, 0.717) is 21.2 Å². The number of aromatic nitrogens is 2. The molecule has 2 fully saturated rings. The van der Waals surface area contributed by atoms with Crippen molar-refractivity contribution in [1.82, 2.24) is 35.9 Å². The van der Waals surface area contributed by atoms with E-state index in [1.54, 1.807) is 6.92 Å². The van der Waals surface area contributed by atoms with Gasteiger partial charge in [0.05, 0.1) is 0 Å². The van der Waals surface area contributed by atoms with E-state index in [9.17, 15) is 48.9 Å². The summed E-state index contributed by atoms with van der Waals surface area (Å²) >= 11 is 3.56. The number of phenols is 2. The topological polar surface area (TPSA) is 249 Å². The molecule has 1 aromatic carbocycles. The van der Waals surface area contributed by atoms with Crippen LogP contribution in [0.3, 0.4) is 0 Å². The van der Waals surface area contributed by atoms with Crippen molar-refractivity contribution in [1.29, 1.82) is 0 Å². The number of hydrogen-bond donors (Lipinski definition) is 6. The summed E-state index contributed by atoms with van der Waals surface area (Å²) in [6.07, 6.45) is 0.765. The first kappa shape index (κ1) is 33.7. The van der Waals surface area contributed by atoms with Crippen LogP contribution in [0.1, 0.15) is 31.4 Å². The van der Waals surface area contributed by atoms with Gasteiger partial charge in [0.25, 0.3) is 11.8 Å². The van der Waals surface area contributed by atoms with Crippen LogP contribution in [0.4, 0.5) is 4.79 Å². The Labute approximate surface area is 278 Å². The van der Waals surface area contributed by atoms with Crippen LogP contribution in [0.25, 0.3) is 0 Å². The number of piperidine rings is 1. The average molecular weight is 706 g/mol. The zero-order valence-corrected chi connectivity index (χ0v) is 26.8. The summed E-state index contributed by atoms with van der Waals surface area (Å²) in [4.78, 5) is 91.7. The number of nitrogens with zero attached hydrogens (tertiary/aromatic N) is 4. The van der Waals surface area contributed by atoms with E-state index in [4.69, 9.17) is 0 Å². The maximum absolute atomic E-state index is 13.9. The minimum atomic E-state index is -2.16. The van der Waals surface area contributed by atoms with Crippen LogP contribution in [-0.2, 0) is 28.8 Å². The van der Waals surface area contributed by atoms with Gasteiger partial charge in [-0.25, -0.2) is 9.59 Å². The number of Topliss-reactive ketones (excluding diaryl/α,β-unsaturated/α-hetero) is 1. The molecule has 3 aliphatic rings. The van der Waals surface area contributed by atoms with Crippen LogP contribution >= 0.6 is 34.9 Å². The summed E-state index contributed by atoms with van der Waals surface area (Å²) in [6, 6.07) is 0.331. The number of likely N-dealkylation sites (tertiary alicyclic amines) is 1. The number of carboxylic acids is 1. The number of aromatic hydroxyl groups is 2. The number of thioether (sulfide) groups is 2. The Morgan fingerprint density at radius 2 is 1.98 bits per heavy atom. The number of carboxylic acid groups (broad SMARTS) is 1. The molecule has 1 aromatic heterocycles. The lowest BCUT2D eigenvalue weighted by atomic mass is 9.92. The van der Waals surface area contributed by atoms with E-state index in [0.717, 1.165) is 28.8 Å². The van der Waals surface area contributed by atoms with Crippen LogP contribution < -0.4 is 16.0 Å².